The van der Waals surface area contributed by atoms with Crippen LogP contribution in [0, 0.1) is 17.7 Å². The second kappa shape index (κ2) is 7.27. The highest BCUT2D eigenvalue weighted by atomic mass is 19.1. The number of aliphatic hydroxyl groups excluding tert-OH is 1. The lowest BCUT2D eigenvalue weighted by Crippen LogP contribution is -2.03. The predicted molar refractivity (Wildman–Crippen MR) is 73.8 cm³/mol. The smallest absolute Gasteiger partial charge is 0.135 e. The summed E-state index contributed by atoms with van der Waals surface area (Å²) in [5.41, 5.74) is 1.50. The first-order chi connectivity index (χ1) is 9.79. The molecule has 1 N–H and O–H groups in total. The zero-order valence-corrected chi connectivity index (χ0v) is 10.8. The van der Waals surface area contributed by atoms with Crippen molar-refractivity contribution in [2.75, 3.05) is 13.2 Å². The SMILES string of the molecule is OCC#Cc1cc(F)ccc1OCCc1cccnc1. The molecule has 1 heterocycles. The molecular weight excluding hydrogens is 257 g/mol. The third-order valence-electron chi connectivity index (χ3n) is 2.61. The largest absolute Gasteiger partial charge is 0.492 e. The minimum atomic E-state index is -0.383. The lowest BCUT2D eigenvalue weighted by Gasteiger charge is -2.08. The maximum absolute atomic E-state index is 13.2. The normalized spacial score (nSPS) is 9.70. The average molecular weight is 271 g/mol. The molecule has 0 amide bonds. The number of hydrogen-bond acceptors (Lipinski definition) is 3. The van der Waals surface area contributed by atoms with Gasteiger partial charge in [-0.2, -0.15) is 0 Å². The number of aromatic nitrogens is 1. The second-order valence-corrected chi connectivity index (χ2v) is 4.06. The van der Waals surface area contributed by atoms with Crippen LogP contribution in [-0.4, -0.2) is 23.3 Å². The van der Waals surface area contributed by atoms with Crippen molar-refractivity contribution >= 4 is 0 Å². The van der Waals surface area contributed by atoms with E-state index in [0.717, 1.165) is 5.56 Å². The average Bonchev–Trinajstić information content (AvgIpc) is 2.48. The summed E-state index contributed by atoms with van der Waals surface area (Å²) in [5.74, 6) is 5.29. The molecule has 102 valence electrons. The number of benzene rings is 1. The van der Waals surface area contributed by atoms with E-state index in [-0.39, 0.29) is 12.4 Å². The van der Waals surface area contributed by atoms with Gasteiger partial charge in [0.25, 0.3) is 0 Å². The molecule has 1 aromatic heterocycles. The van der Waals surface area contributed by atoms with Crippen molar-refractivity contribution in [3.8, 4) is 17.6 Å². The predicted octanol–water partition coefficient (Wildman–Crippen LogP) is 2.19. The van der Waals surface area contributed by atoms with Gasteiger partial charge < -0.3 is 9.84 Å². The molecule has 0 unspecified atom stereocenters. The van der Waals surface area contributed by atoms with Gasteiger partial charge in [0, 0.05) is 18.8 Å². The summed E-state index contributed by atoms with van der Waals surface area (Å²) in [4.78, 5) is 4.02. The molecule has 0 aliphatic carbocycles. The van der Waals surface area contributed by atoms with E-state index in [1.165, 1.54) is 12.1 Å². The first kappa shape index (κ1) is 14.0. The number of hydrogen-bond donors (Lipinski definition) is 1. The first-order valence-electron chi connectivity index (χ1n) is 6.20. The molecule has 2 aromatic rings. The summed E-state index contributed by atoms with van der Waals surface area (Å²) in [6.45, 7) is 0.177. The Kier molecular flexibility index (Phi) is 5.10. The minimum absolute atomic E-state index is 0.272. The van der Waals surface area contributed by atoms with Crippen molar-refractivity contribution < 1.29 is 14.2 Å². The third kappa shape index (κ3) is 4.08. The van der Waals surface area contributed by atoms with Gasteiger partial charge in [0.1, 0.15) is 18.2 Å². The van der Waals surface area contributed by atoms with E-state index in [2.05, 4.69) is 16.8 Å². The molecule has 0 saturated carbocycles. The standard InChI is InChI=1S/C16H14FNO2/c17-15-5-6-16(14(11-15)4-2-9-19)20-10-7-13-3-1-8-18-12-13/h1,3,5-6,8,11-12,19H,7,9-10H2. The summed E-state index contributed by atoms with van der Waals surface area (Å²) in [7, 11) is 0. The second-order valence-electron chi connectivity index (χ2n) is 4.06. The fourth-order valence-corrected chi connectivity index (χ4v) is 1.69. The fraction of sp³-hybridized carbons (Fsp3) is 0.188. The zero-order valence-electron chi connectivity index (χ0n) is 10.8. The number of ether oxygens (including phenoxy) is 1. The minimum Gasteiger partial charge on any atom is -0.492 e. The lowest BCUT2D eigenvalue weighted by molar-refractivity contribution is 0.320. The molecule has 0 aliphatic rings. The molecule has 0 saturated heterocycles. The van der Waals surface area contributed by atoms with Crippen molar-refractivity contribution in [1.29, 1.82) is 0 Å². The van der Waals surface area contributed by atoms with Gasteiger partial charge >= 0.3 is 0 Å². The summed E-state index contributed by atoms with van der Waals surface area (Å²) in [6.07, 6.45) is 4.20. The monoisotopic (exact) mass is 271 g/mol. The van der Waals surface area contributed by atoms with Crippen LogP contribution in [0.25, 0.3) is 0 Å². The summed E-state index contributed by atoms with van der Waals surface area (Å²) in [5, 5.41) is 8.70. The molecule has 1 aromatic carbocycles. The van der Waals surface area contributed by atoms with Crippen molar-refractivity contribution in [2.45, 2.75) is 6.42 Å². The zero-order chi connectivity index (χ0) is 14.2. The Morgan fingerprint density at radius 2 is 2.20 bits per heavy atom. The highest BCUT2D eigenvalue weighted by molar-refractivity contribution is 5.46. The maximum atomic E-state index is 13.2. The van der Waals surface area contributed by atoms with Crippen LogP contribution in [0.15, 0.2) is 42.7 Å². The highest BCUT2D eigenvalue weighted by Gasteiger charge is 2.03. The highest BCUT2D eigenvalue weighted by Crippen LogP contribution is 2.19. The number of halogens is 1. The van der Waals surface area contributed by atoms with Crippen molar-refractivity contribution in [3.63, 3.8) is 0 Å². The van der Waals surface area contributed by atoms with Gasteiger partial charge in [-0.15, -0.1) is 0 Å². The Bertz CT molecular complexity index is 617. The Hall–Kier alpha value is -2.38. The number of nitrogens with zero attached hydrogens (tertiary/aromatic N) is 1. The summed E-state index contributed by atoms with van der Waals surface area (Å²) < 4.78 is 18.8. The molecular formula is C16H14FNO2. The van der Waals surface area contributed by atoms with Crippen LogP contribution in [0.3, 0.4) is 0 Å². The van der Waals surface area contributed by atoms with Crippen LogP contribution >= 0.6 is 0 Å². The van der Waals surface area contributed by atoms with E-state index >= 15 is 0 Å². The van der Waals surface area contributed by atoms with Crippen LogP contribution in [-0.2, 0) is 6.42 Å². The Morgan fingerprint density at radius 1 is 1.30 bits per heavy atom. The third-order valence-corrected chi connectivity index (χ3v) is 2.61. The van der Waals surface area contributed by atoms with Crippen LogP contribution in [0.5, 0.6) is 5.75 Å². The van der Waals surface area contributed by atoms with E-state index in [1.807, 2.05) is 12.1 Å². The van der Waals surface area contributed by atoms with Crippen LogP contribution in [0.4, 0.5) is 4.39 Å². The molecule has 0 atom stereocenters. The molecule has 0 fully saturated rings. The summed E-state index contributed by atoms with van der Waals surface area (Å²) in [6, 6.07) is 7.99. The topological polar surface area (TPSA) is 42.4 Å². The van der Waals surface area contributed by atoms with Gasteiger partial charge in [-0.25, -0.2) is 4.39 Å². The van der Waals surface area contributed by atoms with Crippen molar-refractivity contribution in [3.05, 3.63) is 59.7 Å². The van der Waals surface area contributed by atoms with Gasteiger partial charge in [-0.3, -0.25) is 4.98 Å². The van der Waals surface area contributed by atoms with Gasteiger partial charge in [-0.1, -0.05) is 17.9 Å². The van der Waals surface area contributed by atoms with E-state index in [0.29, 0.717) is 24.3 Å². The molecule has 0 bridgehead atoms. The molecule has 20 heavy (non-hydrogen) atoms. The Balaban J connectivity index is 2.02. The van der Waals surface area contributed by atoms with Crippen molar-refractivity contribution in [1.82, 2.24) is 4.98 Å². The maximum Gasteiger partial charge on any atom is 0.135 e. The first-order valence-corrected chi connectivity index (χ1v) is 6.20. The Labute approximate surface area is 117 Å². The molecule has 2 rings (SSSR count). The van der Waals surface area contributed by atoms with E-state index in [4.69, 9.17) is 9.84 Å². The molecule has 0 radical (unpaired) electrons. The molecule has 3 nitrogen and oxygen atoms in total. The lowest BCUT2D eigenvalue weighted by atomic mass is 10.2. The summed E-state index contributed by atoms with van der Waals surface area (Å²) >= 11 is 0. The Morgan fingerprint density at radius 3 is 2.95 bits per heavy atom. The fourth-order valence-electron chi connectivity index (χ4n) is 1.69. The number of aliphatic hydroxyl groups is 1. The van der Waals surface area contributed by atoms with Gasteiger partial charge in [0.2, 0.25) is 0 Å². The van der Waals surface area contributed by atoms with Crippen molar-refractivity contribution in [2.24, 2.45) is 0 Å². The molecule has 4 heteroatoms. The van der Waals surface area contributed by atoms with Crippen LogP contribution in [0.2, 0.25) is 0 Å². The number of rotatable bonds is 4. The van der Waals surface area contributed by atoms with Gasteiger partial charge in [-0.05, 0) is 29.8 Å². The number of pyridine rings is 1. The molecule has 0 spiro atoms. The van der Waals surface area contributed by atoms with E-state index in [1.54, 1.807) is 18.5 Å². The quantitative estimate of drug-likeness (QED) is 0.867. The van der Waals surface area contributed by atoms with Gasteiger partial charge in [0.15, 0.2) is 0 Å². The van der Waals surface area contributed by atoms with E-state index < -0.39 is 0 Å². The van der Waals surface area contributed by atoms with Gasteiger partial charge in [0.05, 0.1) is 12.2 Å². The van der Waals surface area contributed by atoms with E-state index in [9.17, 15) is 4.39 Å². The molecule has 0 aliphatic heterocycles. The van der Waals surface area contributed by atoms with Crippen LogP contribution in [0.1, 0.15) is 11.1 Å². The van der Waals surface area contributed by atoms with Crippen LogP contribution < -0.4 is 4.74 Å².